The van der Waals surface area contributed by atoms with Gasteiger partial charge < -0.3 is 10.00 Å². The highest BCUT2D eigenvalue weighted by Gasteiger charge is 2.04. The fourth-order valence-corrected chi connectivity index (χ4v) is 1.45. The molecule has 0 aromatic carbocycles. The molecule has 1 N–H and O–H groups in total. The lowest BCUT2D eigenvalue weighted by Crippen LogP contribution is -2.04. The first-order valence-electron chi connectivity index (χ1n) is 3.07. The molecule has 0 saturated carbocycles. The molecule has 0 amide bonds. The Bertz CT molecular complexity index is 171. The summed E-state index contributed by atoms with van der Waals surface area (Å²) in [6.07, 6.45) is 0.734. The molecule has 4 heteroatoms. The molecule has 3 nitrogen and oxygen atoms in total. The third kappa shape index (κ3) is 2.93. The number of hydrogen-bond donors (Lipinski definition) is 1. The van der Waals surface area contributed by atoms with E-state index < -0.39 is 7.77 Å². The van der Waals surface area contributed by atoms with Gasteiger partial charge >= 0.3 is 0 Å². The van der Waals surface area contributed by atoms with Crippen LogP contribution >= 0.6 is 7.77 Å². The Balaban J connectivity index is 4.16. The topological polar surface area (TPSA) is 67.1 Å². The first kappa shape index (κ1) is 9.58. The van der Waals surface area contributed by atoms with E-state index >= 15 is 0 Å². The van der Waals surface area contributed by atoms with Gasteiger partial charge in [-0.25, -0.2) is 0 Å². The normalized spacial score (nSPS) is 12.2. The maximum atomic E-state index is 10.9. The molecule has 0 saturated heterocycles. The summed E-state index contributed by atoms with van der Waals surface area (Å²) >= 11 is 0. The van der Waals surface area contributed by atoms with E-state index in [2.05, 4.69) is 0 Å². The molecule has 56 valence electrons. The average molecular weight is 159 g/mol. The Morgan fingerprint density at radius 3 is 2.70 bits per heavy atom. The van der Waals surface area contributed by atoms with Crippen molar-refractivity contribution in [2.45, 2.75) is 13.3 Å². The molecular weight excluding hydrogens is 149 g/mol. The molecule has 0 heterocycles. The van der Waals surface area contributed by atoms with Gasteiger partial charge in [-0.2, -0.15) is 5.26 Å². The monoisotopic (exact) mass is 159 g/mol. The quantitative estimate of drug-likeness (QED) is 0.582. The van der Waals surface area contributed by atoms with Gasteiger partial charge in [0.2, 0.25) is 0 Å². The highest BCUT2D eigenvalue weighted by Crippen LogP contribution is 2.13. The fraction of sp³-hybridized carbons (Fsp3) is 0.667. The van der Waals surface area contributed by atoms with Gasteiger partial charge in [0.05, 0.1) is 14.4 Å². The van der Waals surface area contributed by atoms with Crippen LogP contribution in [0.4, 0.5) is 0 Å². The van der Waals surface area contributed by atoms with E-state index in [1.807, 2.05) is 6.07 Å². The Hall–Kier alpha value is -0.420. The largest absolute Gasteiger partial charge is 0.630 e. The summed E-state index contributed by atoms with van der Waals surface area (Å²) in [5, 5.41) is 17.1. The molecular formula is C6H10NO2P. The molecule has 10 heavy (non-hydrogen) atoms. The molecule has 1 atom stereocenters. The van der Waals surface area contributed by atoms with Gasteiger partial charge in [0, 0.05) is 6.42 Å². The van der Waals surface area contributed by atoms with Crippen LogP contribution in [0.2, 0.25) is 0 Å². The highest BCUT2D eigenvalue weighted by molar-refractivity contribution is 7.52. The van der Waals surface area contributed by atoms with Crippen molar-refractivity contribution in [3.05, 3.63) is 0 Å². The Kier molecular flexibility index (Phi) is 5.15. The summed E-state index contributed by atoms with van der Waals surface area (Å²) in [4.78, 5) is 10.9. The average Bonchev–Trinajstić information content (AvgIpc) is 1.91. The summed E-state index contributed by atoms with van der Waals surface area (Å²) in [6, 6.07) is 1.86. The number of hydrogen-bond acceptors (Lipinski definition) is 3. The number of nitrogens with zero attached hydrogens (tertiary/aromatic N) is 1. The number of aliphatic hydroxyl groups excluding tert-OH is 1. The van der Waals surface area contributed by atoms with Crippen molar-refractivity contribution in [2.24, 2.45) is 0 Å². The van der Waals surface area contributed by atoms with Crippen molar-refractivity contribution >= 4 is 13.1 Å². The molecule has 0 spiro atoms. The third-order valence-electron chi connectivity index (χ3n) is 1.07. The first-order valence-corrected chi connectivity index (χ1v) is 4.52. The minimum atomic E-state index is -1.59. The Labute approximate surface area is 61.4 Å². The molecule has 0 radical (unpaired) electrons. The SMILES string of the molecule is CC/C(C#N)=[P+](\[O-])CCO. The zero-order valence-electron chi connectivity index (χ0n) is 5.87. The van der Waals surface area contributed by atoms with E-state index in [0.717, 1.165) is 0 Å². The zero-order valence-corrected chi connectivity index (χ0v) is 6.77. The second-order valence-corrected chi connectivity index (χ2v) is 3.48. The molecule has 0 bridgehead atoms. The van der Waals surface area contributed by atoms with Crippen LogP contribution < -0.4 is 4.89 Å². The minimum absolute atomic E-state index is 0.111. The summed E-state index contributed by atoms with van der Waals surface area (Å²) in [5.41, 5.74) is 0. The van der Waals surface area contributed by atoms with Crippen LogP contribution in [0.3, 0.4) is 0 Å². The smallest absolute Gasteiger partial charge is 0.192 e. The van der Waals surface area contributed by atoms with E-state index in [9.17, 15) is 4.89 Å². The van der Waals surface area contributed by atoms with Gasteiger partial charge in [0.15, 0.2) is 5.29 Å². The van der Waals surface area contributed by atoms with Crippen molar-refractivity contribution in [1.82, 2.24) is 0 Å². The maximum absolute atomic E-state index is 10.9. The third-order valence-corrected chi connectivity index (χ3v) is 2.69. The Morgan fingerprint density at radius 1 is 1.80 bits per heavy atom. The van der Waals surface area contributed by atoms with Crippen molar-refractivity contribution < 1.29 is 10.00 Å². The van der Waals surface area contributed by atoms with Gasteiger partial charge in [-0.05, 0) is 0 Å². The number of rotatable bonds is 3. The van der Waals surface area contributed by atoms with Crippen LogP contribution in [0, 0.1) is 11.3 Å². The van der Waals surface area contributed by atoms with E-state index in [-0.39, 0.29) is 12.8 Å². The van der Waals surface area contributed by atoms with Crippen LogP contribution in [-0.2, 0) is 0 Å². The van der Waals surface area contributed by atoms with Crippen molar-refractivity contribution in [2.75, 3.05) is 12.8 Å². The van der Waals surface area contributed by atoms with Crippen LogP contribution in [-0.4, -0.2) is 23.2 Å². The highest BCUT2D eigenvalue weighted by atomic mass is 31.1. The van der Waals surface area contributed by atoms with Crippen LogP contribution in [0.1, 0.15) is 13.3 Å². The zero-order chi connectivity index (χ0) is 7.98. The predicted octanol–water partition coefficient (Wildman–Crippen LogP) is -0.158. The van der Waals surface area contributed by atoms with E-state index in [1.165, 1.54) is 0 Å². The lowest BCUT2D eigenvalue weighted by molar-refractivity contribution is -0.153. The summed E-state index contributed by atoms with van der Waals surface area (Å²) < 4.78 is 0. The van der Waals surface area contributed by atoms with Gasteiger partial charge in [0.1, 0.15) is 12.2 Å². The molecule has 1 unspecified atom stereocenters. The van der Waals surface area contributed by atoms with Crippen molar-refractivity contribution in [3.63, 3.8) is 0 Å². The van der Waals surface area contributed by atoms with Gasteiger partial charge in [-0.1, -0.05) is 6.92 Å². The molecule has 0 rings (SSSR count). The predicted molar refractivity (Wildman–Crippen MR) is 39.8 cm³/mol. The summed E-state index contributed by atoms with van der Waals surface area (Å²) in [5.74, 6) is 0. The lowest BCUT2D eigenvalue weighted by atomic mass is 10.4. The van der Waals surface area contributed by atoms with Gasteiger partial charge in [-0.15, -0.1) is 0 Å². The van der Waals surface area contributed by atoms with Crippen molar-refractivity contribution in [3.8, 4) is 6.07 Å². The fourth-order valence-electron chi connectivity index (χ4n) is 0.537. The molecule has 0 aromatic heterocycles. The van der Waals surface area contributed by atoms with Crippen LogP contribution in [0.15, 0.2) is 0 Å². The van der Waals surface area contributed by atoms with Gasteiger partial charge in [0.25, 0.3) is 0 Å². The van der Waals surface area contributed by atoms with Crippen LogP contribution in [0.25, 0.3) is 0 Å². The van der Waals surface area contributed by atoms with E-state index in [0.29, 0.717) is 11.7 Å². The Morgan fingerprint density at radius 2 is 2.40 bits per heavy atom. The number of nitriles is 1. The maximum Gasteiger partial charge on any atom is 0.192 e. The summed E-state index contributed by atoms with van der Waals surface area (Å²) in [6.45, 7) is 1.67. The summed E-state index contributed by atoms with van der Waals surface area (Å²) in [7, 11) is -1.59. The molecule has 0 aliphatic rings. The van der Waals surface area contributed by atoms with Crippen molar-refractivity contribution in [1.29, 1.82) is 5.26 Å². The molecule has 0 aliphatic heterocycles. The van der Waals surface area contributed by atoms with Crippen LogP contribution in [0.5, 0.6) is 0 Å². The van der Waals surface area contributed by atoms with E-state index in [4.69, 9.17) is 10.4 Å². The standard InChI is InChI=1S/C6H10NO2P/c1-2-6(5-7)10(9)4-3-8/h8H,2-4H2,1H3. The molecule has 0 fully saturated rings. The lowest BCUT2D eigenvalue weighted by Gasteiger charge is -1.95. The second kappa shape index (κ2) is 5.37. The first-order chi connectivity index (χ1) is 4.76. The molecule has 0 aliphatic carbocycles. The van der Waals surface area contributed by atoms with Gasteiger partial charge in [-0.3, -0.25) is 0 Å². The second-order valence-electron chi connectivity index (χ2n) is 1.74. The van der Waals surface area contributed by atoms with E-state index in [1.54, 1.807) is 6.92 Å². The minimum Gasteiger partial charge on any atom is -0.630 e. The number of aliphatic hydroxyl groups is 1. The molecule has 0 aromatic rings.